The summed E-state index contributed by atoms with van der Waals surface area (Å²) in [5.74, 6) is 1.35. The third-order valence-corrected chi connectivity index (χ3v) is 7.50. The molecule has 214 valence electrons. The lowest BCUT2D eigenvalue weighted by Crippen LogP contribution is -2.44. The van der Waals surface area contributed by atoms with Crippen molar-refractivity contribution in [1.29, 1.82) is 0 Å². The summed E-state index contributed by atoms with van der Waals surface area (Å²) in [7, 11) is 2.15. The fourth-order valence-electron chi connectivity index (χ4n) is 5.10. The number of aromatic nitrogens is 5. The molecule has 0 atom stereocenters. The minimum absolute atomic E-state index is 0.105. The summed E-state index contributed by atoms with van der Waals surface area (Å²) >= 11 is 0. The number of hydrogen-bond donors (Lipinski definition) is 2. The van der Waals surface area contributed by atoms with Gasteiger partial charge in [0.2, 0.25) is 0 Å². The highest BCUT2D eigenvalue weighted by atomic mass is 16.5. The molecule has 2 aromatic heterocycles. The first-order chi connectivity index (χ1) is 19.9. The SMILES string of the molecule is CC(C)n1nnc2c(N3CCOCC3)nc(-c3ccc(NC(=O)Nc4ccc(N5CCN(C)CC5)cc4)cc3)nc21. The lowest BCUT2D eigenvalue weighted by molar-refractivity contribution is 0.122. The maximum absolute atomic E-state index is 12.7. The number of benzene rings is 2. The number of hydrogen-bond acceptors (Lipinski definition) is 9. The number of rotatable bonds is 6. The van der Waals surface area contributed by atoms with Crippen molar-refractivity contribution in [1.82, 2.24) is 29.9 Å². The van der Waals surface area contributed by atoms with Gasteiger partial charge in [0.05, 0.1) is 19.3 Å². The smallest absolute Gasteiger partial charge is 0.323 e. The predicted molar refractivity (Wildman–Crippen MR) is 161 cm³/mol. The van der Waals surface area contributed by atoms with E-state index in [-0.39, 0.29) is 12.1 Å². The number of carbonyl (C=O) groups excluding carboxylic acids is 1. The van der Waals surface area contributed by atoms with Crippen molar-refractivity contribution in [3.8, 4) is 11.4 Å². The predicted octanol–water partition coefficient (Wildman–Crippen LogP) is 3.70. The Hall–Kier alpha value is -4.29. The molecule has 2 aromatic carbocycles. The normalized spacial score (nSPS) is 16.4. The number of piperazine rings is 1. The molecule has 2 saturated heterocycles. The third-order valence-electron chi connectivity index (χ3n) is 7.50. The number of ether oxygens (including phenoxy) is 1. The van der Waals surface area contributed by atoms with Crippen LogP contribution in [0, 0.1) is 0 Å². The van der Waals surface area contributed by atoms with E-state index in [4.69, 9.17) is 14.7 Å². The van der Waals surface area contributed by atoms with Gasteiger partial charge >= 0.3 is 6.03 Å². The number of fused-ring (bicyclic) bond motifs is 1. The van der Waals surface area contributed by atoms with Crippen LogP contribution in [-0.2, 0) is 4.74 Å². The van der Waals surface area contributed by atoms with Crippen LogP contribution in [-0.4, -0.2) is 95.4 Å². The van der Waals surface area contributed by atoms with Gasteiger partial charge in [0.25, 0.3) is 0 Å². The molecule has 2 aliphatic rings. The number of nitrogens with zero attached hydrogens (tertiary/aromatic N) is 8. The van der Waals surface area contributed by atoms with E-state index < -0.39 is 0 Å². The molecule has 0 spiro atoms. The van der Waals surface area contributed by atoms with Gasteiger partial charge in [0.1, 0.15) is 0 Å². The Bertz CT molecular complexity index is 1490. The summed E-state index contributed by atoms with van der Waals surface area (Å²) in [4.78, 5) is 29.3. The van der Waals surface area contributed by atoms with Crippen LogP contribution < -0.4 is 20.4 Å². The Morgan fingerprint density at radius 3 is 2.10 bits per heavy atom. The maximum atomic E-state index is 12.7. The van der Waals surface area contributed by atoms with Crippen molar-refractivity contribution in [3.63, 3.8) is 0 Å². The Kier molecular flexibility index (Phi) is 7.66. The molecule has 0 saturated carbocycles. The highest BCUT2D eigenvalue weighted by molar-refractivity contribution is 6.00. The van der Waals surface area contributed by atoms with Gasteiger partial charge in [-0.3, -0.25) is 0 Å². The molecule has 0 aliphatic carbocycles. The van der Waals surface area contributed by atoms with Gasteiger partial charge < -0.3 is 30.1 Å². The summed E-state index contributed by atoms with van der Waals surface area (Å²) in [6.07, 6.45) is 0. The van der Waals surface area contributed by atoms with Crippen LogP contribution in [0.1, 0.15) is 19.9 Å². The van der Waals surface area contributed by atoms with Crippen LogP contribution in [0.4, 0.5) is 27.7 Å². The largest absolute Gasteiger partial charge is 0.378 e. The van der Waals surface area contributed by atoms with Crippen LogP contribution in [0.2, 0.25) is 0 Å². The van der Waals surface area contributed by atoms with Crippen LogP contribution in [0.3, 0.4) is 0 Å². The van der Waals surface area contributed by atoms with Crippen molar-refractivity contribution < 1.29 is 9.53 Å². The van der Waals surface area contributed by atoms with E-state index in [1.165, 1.54) is 5.69 Å². The van der Waals surface area contributed by atoms with Gasteiger partial charge in [-0.05, 0) is 69.4 Å². The number of urea groups is 1. The van der Waals surface area contributed by atoms with E-state index in [9.17, 15) is 4.79 Å². The van der Waals surface area contributed by atoms with Crippen LogP contribution in [0.25, 0.3) is 22.6 Å². The molecule has 0 radical (unpaired) electrons. The van der Waals surface area contributed by atoms with Gasteiger partial charge in [0, 0.05) is 61.9 Å². The molecule has 12 nitrogen and oxygen atoms in total. The fraction of sp³-hybridized carbons (Fsp3) is 0.414. The molecule has 4 aromatic rings. The van der Waals surface area contributed by atoms with Crippen molar-refractivity contribution in [2.45, 2.75) is 19.9 Å². The number of anilines is 4. The quantitative estimate of drug-likeness (QED) is 0.367. The molecule has 2 fully saturated rings. The number of nitrogens with one attached hydrogen (secondary N) is 2. The Labute approximate surface area is 239 Å². The molecule has 4 heterocycles. The molecule has 0 unspecified atom stereocenters. The summed E-state index contributed by atoms with van der Waals surface area (Å²) in [6, 6.07) is 15.3. The van der Waals surface area contributed by atoms with Crippen LogP contribution >= 0.6 is 0 Å². The first kappa shape index (κ1) is 26.9. The van der Waals surface area contributed by atoms with Crippen LogP contribution in [0.5, 0.6) is 0 Å². The van der Waals surface area contributed by atoms with Gasteiger partial charge in [-0.2, -0.15) is 0 Å². The first-order valence-electron chi connectivity index (χ1n) is 14.1. The Morgan fingerprint density at radius 1 is 0.829 bits per heavy atom. The second-order valence-electron chi connectivity index (χ2n) is 10.8. The summed E-state index contributed by atoms with van der Waals surface area (Å²) in [5.41, 5.74) is 4.81. The van der Waals surface area contributed by atoms with E-state index in [2.05, 4.69) is 68.7 Å². The zero-order valence-electron chi connectivity index (χ0n) is 23.7. The zero-order chi connectivity index (χ0) is 28.3. The average molecular weight is 557 g/mol. The minimum Gasteiger partial charge on any atom is -0.378 e. The minimum atomic E-state index is -0.302. The molecule has 12 heteroatoms. The molecule has 6 rings (SSSR count). The number of amides is 2. The van der Waals surface area contributed by atoms with E-state index in [1.54, 1.807) is 0 Å². The average Bonchev–Trinajstić information content (AvgIpc) is 3.43. The van der Waals surface area contributed by atoms with E-state index >= 15 is 0 Å². The van der Waals surface area contributed by atoms with E-state index in [0.717, 1.165) is 56.3 Å². The van der Waals surface area contributed by atoms with Crippen molar-refractivity contribution >= 4 is 40.1 Å². The standard InChI is InChI=1S/C29H36N10O2/c1-20(2)39-28-25(34-35-39)27(38-16-18-41-19-17-38)32-26(33-28)21-4-6-22(7-5-21)30-29(40)31-23-8-10-24(11-9-23)37-14-12-36(3)13-15-37/h4-11,20H,12-19H2,1-3H3,(H2,30,31,40). The van der Waals surface area contributed by atoms with Gasteiger partial charge in [-0.25, -0.2) is 19.4 Å². The van der Waals surface area contributed by atoms with Gasteiger partial charge in [-0.15, -0.1) is 5.10 Å². The summed E-state index contributed by atoms with van der Waals surface area (Å²) in [5, 5.41) is 14.6. The van der Waals surface area contributed by atoms with E-state index in [0.29, 0.717) is 35.9 Å². The second-order valence-corrected chi connectivity index (χ2v) is 10.8. The van der Waals surface area contributed by atoms with Crippen molar-refractivity contribution in [2.24, 2.45) is 0 Å². The number of carbonyl (C=O) groups is 1. The Balaban J connectivity index is 1.15. The molecule has 2 aliphatic heterocycles. The lowest BCUT2D eigenvalue weighted by Gasteiger charge is -2.34. The first-order valence-corrected chi connectivity index (χ1v) is 14.1. The van der Waals surface area contributed by atoms with Crippen molar-refractivity contribution in [2.75, 3.05) is 80.0 Å². The topological polar surface area (TPSA) is 117 Å². The number of likely N-dealkylation sites (N-methyl/N-ethyl adjacent to an activating group) is 1. The Morgan fingerprint density at radius 2 is 1.46 bits per heavy atom. The van der Waals surface area contributed by atoms with Gasteiger partial charge in [0.15, 0.2) is 22.8 Å². The van der Waals surface area contributed by atoms with E-state index in [1.807, 2.05) is 41.1 Å². The molecular weight excluding hydrogens is 520 g/mol. The fourth-order valence-corrected chi connectivity index (χ4v) is 5.10. The lowest BCUT2D eigenvalue weighted by atomic mass is 10.2. The summed E-state index contributed by atoms with van der Waals surface area (Å²) < 4.78 is 7.36. The highest BCUT2D eigenvalue weighted by Crippen LogP contribution is 2.28. The van der Waals surface area contributed by atoms with Crippen LogP contribution in [0.15, 0.2) is 48.5 Å². The molecule has 2 amide bonds. The summed E-state index contributed by atoms with van der Waals surface area (Å²) in [6.45, 7) is 11.0. The number of morpholine rings is 1. The third kappa shape index (κ3) is 5.93. The highest BCUT2D eigenvalue weighted by Gasteiger charge is 2.23. The molecule has 41 heavy (non-hydrogen) atoms. The molecular formula is C29H36N10O2. The van der Waals surface area contributed by atoms with Crippen molar-refractivity contribution in [3.05, 3.63) is 48.5 Å². The zero-order valence-corrected chi connectivity index (χ0v) is 23.7. The second kappa shape index (κ2) is 11.7. The maximum Gasteiger partial charge on any atom is 0.323 e. The molecule has 0 bridgehead atoms. The van der Waals surface area contributed by atoms with Gasteiger partial charge in [-0.1, -0.05) is 5.21 Å². The monoisotopic (exact) mass is 556 g/mol. The molecule has 2 N–H and O–H groups in total.